The Kier molecular flexibility index (Phi) is 6.71. The predicted molar refractivity (Wildman–Crippen MR) is 141 cm³/mol. The number of rotatable bonds is 7. The number of nitrogens with two attached hydrogens (primary N) is 2. The van der Waals surface area contributed by atoms with Gasteiger partial charge in [0.05, 0.1) is 24.6 Å². The number of methoxy groups -OCH3 is 1. The fourth-order valence-electron chi connectivity index (χ4n) is 4.56. The van der Waals surface area contributed by atoms with Crippen LogP contribution in [0.5, 0.6) is 11.5 Å². The number of hydrogen-bond acceptors (Lipinski definition) is 8. The van der Waals surface area contributed by atoms with Crippen molar-refractivity contribution in [3.63, 3.8) is 0 Å². The van der Waals surface area contributed by atoms with Crippen molar-refractivity contribution in [3.8, 4) is 11.5 Å². The molecule has 2 aromatic heterocycles. The minimum absolute atomic E-state index is 0.124. The summed E-state index contributed by atoms with van der Waals surface area (Å²) >= 11 is 0. The molecule has 0 atom stereocenters. The van der Waals surface area contributed by atoms with Crippen molar-refractivity contribution >= 4 is 39.8 Å². The number of aromatic amines is 1. The summed E-state index contributed by atoms with van der Waals surface area (Å²) in [5, 5.41) is 27.6. The van der Waals surface area contributed by atoms with Gasteiger partial charge in [-0.3, -0.25) is 15.5 Å². The van der Waals surface area contributed by atoms with E-state index in [4.69, 9.17) is 15.9 Å². The summed E-state index contributed by atoms with van der Waals surface area (Å²) in [5.41, 5.74) is 8.93. The van der Waals surface area contributed by atoms with Crippen LogP contribution in [0.1, 0.15) is 34.5 Å². The van der Waals surface area contributed by atoms with E-state index >= 15 is 0 Å². The van der Waals surface area contributed by atoms with E-state index in [2.05, 4.69) is 30.9 Å². The number of nitrogens with one attached hydrogen (secondary N) is 4. The number of piperidine rings is 1. The molecular formula is C26H29N8O3+. The van der Waals surface area contributed by atoms with E-state index in [-0.39, 0.29) is 23.2 Å². The third-order valence-corrected chi connectivity index (χ3v) is 6.52. The molecule has 0 radical (unpaired) electrons. The number of quaternary nitrogens is 1. The quantitative estimate of drug-likeness (QED) is 0.189. The highest BCUT2D eigenvalue weighted by Crippen LogP contribution is 2.29. The van der Waals surface area contributed by atoms with Crippen LogP contribution in [0, 0.1) is 5.41 Å². The molecule has 0 unspecified atom stereocenters. The fourth-order valence-corrected chi connectivity index (χ4v) is 4.56. The molecule has 1 fully saturated rings. The van der Waals surface area contributed by atoms with E-state index in [9.17, 15) is 9.90 Å². The first-order chi connectivity index (χ1) is 17.9. The van der Waals surface area contributed by atoms with Gasteiger partial charge in [-0.15, -0.1) is 0 Å². The maximum absolute atomic E-state index is 12.9. The van der Waals surface area contributed by atoms with Crippen LogP contribution in [-0.4, -0.2) is 57.9 Å². The Bertz CT molecular complexity index is 1480. The number of nitrogen functional groups attached to an aromatic ring is 1. The van der Waals surface area contributed by atoms with Crippen LogP contribution in [-0.2, 0) is 0 Å². The first-order valence-corrected chi connectivity index (χ1v) is 12.0. The number of aromatic hydroxyl groups is 1. The smallest absolute Gasteiger partial charge is 0.272 e. The topological polar surface area (TPSA) is 179 Å². The third-order valence-electron chi connectivity index (χ3n) is 6.52. The number of carbonyl (C=O) groups is 1. The lowest BCUT2D eigenvalue weighted by atomic mass is 10.0. The summed E-state index contributed by atoms with van der Waals surface area (Å²) in [6, 6.07) is 12.0. The van der Waals surface area contributed by atoms with E-state index in [1.54, 1.807) is 42.5 Å². The Hall–Kier alpha value is -4.48. The van der Waals surface area contributed by atoms with Gasteiger partial charge in [-0.1, -0.05) is 6.07 Å². The summed E-state index contributed by atoms with van der Waals surface area (Å²) in [7, 11) is 1.50. The molecule has 0 spiro atoms. The lowest BCUT2D eigenvalue weighted by molar-refractivity contribution is -0.616. The lowest BCUT2D eigenvalue weighted by Gasteiger charge is -2.21. The molecule has 1 amide bonds. The molecule has 4 aromatic rings. The lowest BCUT2D eigenvalue weighted by Crippen LogP contribution is -2.86. The number of phenolic OH excluding ortho intramolecular Hbond substituents is 1. The van der Waals surface area contributed by atoms with Crippen molar-refractivity contribution in [1.29, 1.82) is 5.41 Å². The Morgan fingerprint density at radius 2 is 2.00 bits per heavy atom. The molecule has 0 saturated carbocycles. The Morgan fingerprint density at radius 3 is 2.78 bits per heavy atom. The van der Waals surface area contributed by atoms with Gasteiger partial charge in [0.2, 0.25) is 5.82 Å². The SMILES string of the molecule is COc1cc(C(=N)c2c(N)ncnc2[NH2+]C2CCNCC2)ccc1NC(=O)c1cc2cc(O)ccc2[nH]1. The molecule has 3 heterocycles. The molecule has 0 aliphatic carbocycles. The molecule has 37 heavy (non-hydrogen) atoms. The van der Waals surface area contributed by atoms with Gasteiger partial charge < -0.3 is 31.2 Å². The third kappa shape index (κ3) is 5.08. The second-order valence-corrected chi connectivity index (χ2v) is 8.97. The summed E-state index contributed by atoms with van der Waals surface area (Å²) in [6.07, 6.45) is 3.41. The maximum Gasteiger partial charge on any atom is 0.272 e. The Labute approximate surface area is 213 Å². The van der Waals surface area contributed by atoms with Gasteiger partial charge in [0.1, 0.15) is 34.9 Å². The molecule has 0 bridgehead atoms. The number of carbonyl (C=O) groups excluding carboxylic acids is 1. The number of amides is 1. The molecule has 11 nitrogen and oxygen atoms in total. The minimum Gasteiger partial charge on any atom is -0.508 e. The Balaban J connectivity index is 1.39. The van der Waals surface area contributed by atoms with Crippen LogP contribution in [0.2, 0.25) is 0 Å². The zero-order valence-corrected chi connectivity index (χ0v) is 20.3. The van der Waals surface area contributed by atoms with E-state index in [1.807, 2.05) is 0 Å². The first kappa shape index (κ1) is 24.2. The van der Waals surface area contributed by atoms with Gasteiger partial charge in [0, 0.05) is 42.4 Å². The Morgan fingerprint density at radius 1 is 1.19 bits per heavy atom. The fraction of sp³-hybridized carbons (Fsp3) is 0.231. The normalized spacial score (nSPS) is 14.0. The van der Waals surface area contributed by atoms with E-state index < -0.39 is 0 Å². The monoisotopic (exact) mass is 501 g/mol. The largest absolute Gasteiger partial charge is 0.508 e. The van der Waals surface area contributed by atoms with Crippen LogP contribution in [0.3, 0.4) is 0 Å². The van der Waals surface area contributed by atoms with Crippen LogP contribution in [0.15, 0.2) is 48.8 Å². The summed E-state index contributed by atoms with van der Waals surface area (Å²) < 4.78 is 5.53. The number of anilines is 2. The minimum atomic E-state index is -0.364. The zero-order chi connectivity index (χ0) is 25.9. The van der Waals surface area contributed by atoms with E-state index in [0.717, 1.165) is 36.8 Å². The second-order valence-electron chi connectivity index (χ2n) is 8.97. The van der Waals surface area contributed by atoms with Crippen molar-refractivity contribution in [3.05, 3.63) is 65.6 Å². The number of phenols is 1. The highest BCUT2D eigenvalue weighted by atomic mass is 16.5. The van der Waals surface area contributed by atoms with Gasteiger partial charge >= 0.3 is 0 Å². The second kappa shape index (κ2) is 10.2. The average Bonchev–Trinajstić information content (AvgIpc) is 3.33. The molecular weight excluding hydrogens is 472 g/mol. The first-order valence-electron chi connectivity index (χ1n) is 12.0. The van der Waals surface area contributed by atoms with Crippen molar-refractivity contribution in [2.45, 2.75) is 18.9 Å². The van der Waals surface area contributed by atoms with Crippen LogP contribution >= 0.6 is 0 Å². The molecule has 1 aliphatic rings. The van der Waals surface area contributed by atoms with E-state index in [0.29, 0.717) is 40.1 Å². The van der Waals surface area contributed by atoms with Gasteiger partial charge in [0.25, 0.3) is 5.91 Å². The van der Waals surface area contributed by atoms with Crippen molar-refractivity contribution in [1.82, 2.24) is 20.3 Å². The molecule has 1 saturated heterocycles. The number of ether oxygens (including phenoxy) is 1. The van der Waals surface area contributed by atoms with Gasteiger partial charge in [-0.2, -0.15) is 4.98 Å². The highest BCUT2D eigenvalue weighted by Gasteiger charge is 2.25. The number of hydrogen-bond donors (Lipinski definition) is 7. The number of H-pyrrole nitrogens is 1. The van der Waals surface area contributed by atoms with Crippen molar-refractivity contribution in [2.24, 2.45) is 0 Å². The number of aromatic nitrogens is 3. The molecule has 2 aromatic carbocycles. The number of nitrogens with zero attached hydrogens (tertiary/aromatic N) is 2. The summed E-state index contributed by atoms with van der Waals surface area (Å²) in [6.45, 7) is 1.89. The molecule has 11 heteroatoms. The molecule has 5 rings (SSSR count). The summed E-state index contributed by atoms with van der Waals surface area (Å²) in [5.74, 6) is 1.03. The van der Waals surface area contributed by atoms with Crippen molar-refractivity contribution in [2.75, 3.05) is 31.2 Å². The molecule has 1 aliphatic heterocycles. The van der Waals surface area contributed by atoms with Crippen LogP contribution < -0.4 is 26.4 Å². The standard InChI is InChI=1S/C26H28N8O3/c1-37-21-12-14(23(27)22-24(28)30-13-31-25(22)32-16-6-8-29-9-7-16)2-4-19(21)34-26(36)20-11-15-10-17(35)3-5-18(15)33-20/h2-5,10-13,16,27,29,33,35H,6-9H2,1H3,(H,34,36)(H3,28,30,31,32)/p+1. The molecule has 190 valence electrons. The van der Waals surface area contributed by atoms with Gasteiger partial charge in [-0.05, 0) is 36.4 Å². The zero-order valence-electron chi connectivity index (χ0n) is 20.3. The maximum atomic E-state index is 12.9. The number of fused-ring (bicyclic) bond motifs is 1. The average molecular weight is 502 g/mol. The van der Waals surface area contributed by atoms with E-state index in [1.165, 1.54) is 13.4 Å². The number of benzene rings is 2. The van der Waals surface area contributed by atoms with Crippen LogP contribution in [0.25, 0.3) is 10.9 Å². The van der Waals surface area contributed by atoms with Crippen molar-refractivity contribution < 1.29 is 20.0 Å². The highest BCUT2D eigenvalue weighted by molar-refractivity contribution is 6.16. The molecule has 9 N–H and O–H groups in total. The summed E-state index contributed by atoms with van der Waals surface area (Å²) in [4.78, 5) is 24.5. The van der Waals surface area contributed by atoms with Crippen LogP contribution in [0.4, 0.5) is 17.3 Å². The predicted octanol–water partition coefficient (Wildman–Crippen LogP) is 1.87. The van der Waals surface area contributed by atoms with Gasteiger partial charge in [0.15, 0.2) is 0 Å². The van der Waals surface area contributed by atoms with Gasteiger partial charge in [-0.25, -0.2) is 4.98 Å².